The van der Waals surface area contributed by atoms with Crippen LogP contribution in [-0.2, 0) is 19.6 Å². The van der Waals surface area contributed by atoms with Gasteiger partial charge in [-0.3, -0.25) is 14.4 Å². The number of carbonyl (C=O) groups is 2. The van der Waals surface area contributed by atoms with Crippen LogP contribution in [0.2, 0.25) is 5.02 Å². The molecule has 190 valence electrons. The van der Waals surface area contributed by atoms with E-state index < -0.39 is 45.5 Å². The second-order valence-corrected chi connectivity index (χ2v) is 11.4. The van der Waals surface area contributed by atoms with Gasteiger partial charge in [0.05, 0.1) is 28.1 Å². The first-order chi connectivity index (χ1) is 16.2. The first kappa shape index (κ1) is 26.6. The van der Waals surface area contributed by atoms with Crippen molar-refractivity contribution in [3.63, 3.8) is 0 Å². The van der Waals surface area contributed by atoms with Crippen molar-refractivity contribution in [2.24, 2.45) is 5.92 Å². The summed E-state index contributed by atoms with van der Waals surface area (Å²) in [5.41, 5.74) is -0.387. The van der Waals surface area contributed by atoms with Crippen LogP contribution in [0.25, 0.3) is 0 Å². The van der Waals surface area contributed by atoms with Gasteiger partial charge in [0.25, 0.3) is 10.0 Å². The molecular formula is C23H26ClFN2O7S. The molecule has 9 nitrogen and oxygen atoms in total. The van der Waals surface area contributed by atoms with E-state index in [-0.39, 0.29) is 40.0 Å². The fourth-order valence-electron chi connectivity index (χ4n) is 3.42. The van der Waals surface area contributed by atoms with E-state index in [0.29, 0.717) is 0 Å². The van der Waals surface area contributed by atoms with E-state index in [1.54, 1.807) is 20.8 Å². The van der Waals surface area contributed by atoms with Crippen LogP contribution in [0.5, 0.6) is 5.75 Å². The second-order valence-electron chi connectivity index (χ2n) is 9.14. The van der Waals surface area contributed by atoms with E-state index in [2.05, 4.69) is 5.32 Å². The first-order valence-electron chi connectivity index (χ1n) is 10.7. The molecule has 0 spiro atoms. The van der Waals surface area contributed by atoms with Crippen molar-refractivity contribution in [3.8, 4) is 5.75 Å². The number of rotatable bonds is 6. The minimum absolute atomic E-state index is 0.0445. The molecule has 0 aliphatic carbocycles. The van der Waals surface area contributed by atoms with Crippen LogP contribution >= 0.6 is 11.6 Å². The van der Waals surface area contributed by atoms with Crippen molar-refractivity contribution in [2.75, 3.05) is 16.2 Å². The summed E-state index contributed by atoms with van der Waals surface area (Å²) in [6.45, 7) is 6.39. The summed E-state index contributed by atoms with van der Waals surface area (Å²) in [6, 6.07) is 7.41. The lowest BCUT2D eigenvalue weighted by molar-refractivity contribution is -0.142. The number of hydrogen-bond donors (Lipinski definition) is 2. The smallest absolute Gasteiger partial charge is 0.412 e. The standard InChI is InChI=1S/C23H26ClFN2O7S/c1-13(21(28)29)9-15-12-27(35(31,32)16-6-7-18(25)17(24)11-16)19-10-14(5-8-20(19)33-15)26-22(30)34-23(2,3)4/h5-8,10-11,13,15H,9,12H2,1-4H3,(H,26,30)(H,28,29)/t13-,15-/m0/s1. The number of ether oxygens (including phenoxy) is 2. The lowest BCUT2D eigenvalue weighted by atomic mass is 10.0. The summed E-state index contributed by atoms with van der Waals surface area (Å²) in [5, 5.41) is 11.5. The Morgan fingerprint density at radius 2 is 1.97 bits per heavy atom. The van der Waals surface area contributed by atoms with Gasteiger partial charge in [0, 0.05) is 5.69 Å². The van der Waals surface area contributed by atoms with Gasteiger partial charge in [-0.05, 0) is 63.6 Å². The van der Waals surface area contributed by atoms with Gasteiger partial charge >= 0.3 is 12.1 Å². The summed E-state index contributed by atoms with van der Waals surface area (Å²) < 4.78 is 53.0. The molecule has 0 saturated heterocycles. The number of halogens is 2. The molecular weight excluding hydrogens is 503 g/mol. The van der Waals surface area contributed by atoms with Gasteiger partial charge < -0.3 is 14.6 Å². The highest BCUT2D eigenvalue weighted by molar-refractivity contribution is 7.92. The molecule has 1 amide bonds. The Labute approximate surface area is 207 Å². The number of benzene rings is 2. The van der Waals surface area contributed by atoms with Gasteiger partial charge in [0.2, 0.25) is 0 Å². The van der Waals surface area contributed by atoms with Gasteiger partial charge in [-0.2, -0.15) is 0 Å². The lowest BCUT2D eigenvalue weighted by Crippen LogP contribution is -2.44. The molecule has 0 fully saturated rings. The number of anilines is 2. The zero-order valence-electron chi connectivity index (χ0n) is 19.5. The molecule has 0 aromatic heterocycles. The first-order valence-corrected chi connectivity index (χ1v) is 12.5. The Kier molecular flexibility index (Phi) is 7.51. The number of carboxylic acid groups (broad SMARTS) is 1. The normalized spacial score (nSPS) is 16.6. The van der Waals surface area contributed by atoms with E-state index in [1.165, 1.54) is 25.1 Å². The molecule has 1 aliphatic rings. The molecule has 1 aliphatic heterocycles. The number of nitrogens with one attached hydrogen (secondary N) is 1. The maximum absolute atomic E-state index is 13.7. The molecule has 35 heavy (non-hydrogen) atoms. The average molecular weight is 529 g/mol. The van der Waals surface area contributed by atoms with Crippen LogP contribution in [0.4, 0.5) is 20.6 Å². The van der Waals surface area contributed by atoms with E-state index in [0.717, 1.165) is 22.5 Å². The Bertz CT molecular complexity index is 1250. The van der Waals surface area contributed by atoms with Gasteiger partial charge in [-0.1, -0.05) is 18.5 Å². The second kappa shape index (κ2) is 9.90. The van der Waals surface area contributed by atoms with Crippen LogP contribution in [0.3, 0.4) is 0 Å². The van der Waals surface area contributed by atoms with Crippen molar-refractivity contribution in [1.29, 1.82) is 0 Å². The molecule has 1 heterocycles. The van der Waals surface area contributed by atoms with Crippen molar-refractivity contribution in [2.45, 2.75) is 50.7 Å². The molecule has 2 aromatic carbocycles. The number of sulfonamides is 1. The summed E-state index contributed by atoms with van der Waals surface area (Å²) >= 11 is 5.82. The van der Waals surface area contributed by atoms with Crippen molar-refractivity contribution in [1.82, 2.24) is 0 Å². The van der Waals surface area contributed by atoms with E-state index in [4.69, 9.17) is 21.1 Å². The topological polar surface area (TPSA) is 122 Å². The third kappa shape index (κ3) is 6.34. The summed E-state index contributed by atoms with van der Waals surface area (Å²) in [5.74, 6) is -2.44. The van der Waals surface area contributed by atoms with Crippen LogP contribution in [0.1, 0.15) is 34.1 Å². The highest BCUT2D eigenvalue weighted by Gasteiger charge is 2.36. The summed E-state index contributed by atoms with van der Waals surface area (Å²) in [4.78, 5) is 23.3. The zero-order chi connectivity index (χ0) is 26.1. The maximum atomic E-state index is 13.7. The fraction of sp³-hybridized carbons (Fsp3) is 0.391. The van der Waals surface area contributed by atoms with Crippen LogP contribution < -0.4 is 14.4 Å². The molecule has 0 unspecified atom stereocenters. The zero-order valence-corrected chi connectivity index (χ0v) is 21.1. The number of aliphatic carboxylic acids is 1. The predicted octanol–water partition coefficient (Wildman–Crippen LogP) is 4.89. The Balaban J connectivity index is 2.02. The number of hydrogen-bond acceptors (Lipinski definition) is 6. The third-order valence-corrected chi connectivity index (χ3v) is 7.12. The molecule has 2 atom stereocenters. The van der Waals surface area contributed by atoms with Crippen molar-refractivity contribution >= 4 is 45.1 Å². The number of nitrogens with zero attached hydrogens (tertiary/aromatic N) is 1. The average Bonchev–Trinajstić information content (AvgIpc) is 2.73. The van der Waals surface area contributed by atoms with Gasteiger partial charge in [-0.25, -0.2) is 17.6 Å². The van der Waals surface area contributed by atoms with Crippen LogP contribution in [-0.4, -0.2) is 43.8 Å². The predicted molar refractivity (Wildman–Crippen MR) is 128 cm³/mol. The van der Waals surface area contributed by atoms with Crippen molar-refractivity contribution < 1.29 is 37.0 Å². The number of amides is 1. The quantitative estimate of drug-likeness (QED) is 0.547. The maximum Gasteiger partial charge on any atom is 0.412 e. The summed E-state index contributed by atoms with van der Waals surface area (Å²) in [7, 11) is -4.27. The van der Waals surface area contributed by atoms with Crippen LogP contribution in [0, 0.1) is 11.7 Å². The number of carbonyl (C=O) groups excluding carboxylic acids is 1. The van der Waals surface area contributed by atoms with Gasteiger partial charge in [0.15, 0.2) is 0 Å². The van der Waals surface area contributed by atoms with Gasteiger partial charge in [0.1, 0.15) is 23.3 Å². The Hall–Kier alpha value is -3.05. The molecule has 2 N–H and O–H groups in total. The van der Waals surface area contributed by atoms with Crippen LogP contribution in [0.15, 0.2) is 41.3 Å². The Morgan fingerprint density at radius 1 is 1.29 bits per heavy atom. The SMILES string of the molecule is C[C@@H](C[C@H]1CN(S(=O)(=O)c2ccc(F)c(Cl)c2)c2cc(NC(=O)OC(C)(C)C)ccc2O1)C(=O)O. The fourth-order valence-corrected chi connectivity index (χ4v) is 5.19. The molecule has 0 bridgehead atoms. The highest BCUT2D eigenvalue weighted by atomic mass is 35.5. The summed E-state index contributed by atoms with van der Waals surface area (Å²) in [6.07, 6.45) is -1.46. The van der Waals surface area contributed by atoms with Crippen molar-refractivity contribution in [3.05, 3.63) is 47.2 Å². The van der Waals surface area contributed by atoms with Gasteiger partial charge in [-0.15, -0.1) is 0 Å². The largest absolute Gasteiger partial charge is 0.486 e. The number of carboxylic acids is 1. The third-order valence-electron chi connectivity index (χ3n) is 5.05. The van der Waals surface area contributed by atoms with E-state index >= 15 is 0 Å². The highest BCUT2D eigenvalue weighted by Crippen LogP contribution is 2.40. The van der Waals surface area contributed by atoms with E-state index in [9.17, 15) is 27.5 Å². The number of fused-ring (bicyclic) bond motifs is 1. The monoisotopic (exact) mass is 528 g/mol. The lowest BCUT2D eigenvalue weighted by Gasteiger charge is -2.36. The Morgan fingerprint density at radius 3 is 2.57 bits per heavy atom. The molecule has 12 heteroatoms. The minimum atomic E-state index is -4.27. The minimum Gasteiger partial charge on any atom is -0.486 e. The van der Waals surface area contributed by atoms with E-state index in [1.807, 2.05) is 0 Å². The molecule has 0 saturated carbocycles. The molecule has 2 aromatic rings. The molecule has 0 radical (unpaired) electrons. The molecule has 3 rings (SSSR count).